The molecule has 1 aliphatic carbocycles. The van der Waals surface area contributed by atoms with Crippen molar-refractivity contribution < 1.29 is 0 Å². The van der Waals surface area contributed by atoms with Crippen molar-refractivity contribution in [1.82, 2.24) is 15.0 Å². The summed E-state index contributed by atoms with van der Waals surface area (Å²) in [6.45, 7) is 6.06. The summed E-state index contributed by atoms with van der Waals surface area (Å²) in [5.41, 5.74) is 8.06. The Morgan fingerprint density at radius 2 is 2.19 bits per heavy atom. The molecule has 0 spiro atoms. The zero-order chi connectivity index (χ0) is 11.5. The Bertz CT molecular complexity index is 339. The summed E-state index contributed by atoms with van der Waals surface area (Å²) in [7, 11) is 0. The van der Waals surface area contributed by atoms with E-state index in [0.29, 0.717) is 12.5 Å². The van der Waals surface area contributed by atoms with Gasteiger partial charge in [-0.25, -0.2) is 4.68 Å². The number of nitrogens with zero attached hydrogens (tertiary/aromatic N) is 3. The molecule has 2 rings (SSSR count). The van der Waals surface area contributed by atoms with Gasteiger partial charge in [-0.05, 0) is 37.6 Å². The van der Waals surface area contributed by atoms with Gasteiger partial charge in [0.1, 0.15) is 0 Å². The Morgan fingerprint density at radius 1 is 1.44 bits per heavy atom. The molecule has 4 heteroatoms. The molecule has 1 heterocycles. The predicted octanol–water partition coefficient (Wildman–Crippen LogP) is 1.39. The Labute approximate surface area is 97.2 Å². The molecule has 1 saturated carbocycles. The number of hydrogen-bond donors (Lipinski definition) is 1. The monoisotopic (exact) mass is 222 g/mol. The SMILES string of the molecule is CC(C)Cn1nnc(CCN)c1CC1CC1. The van der Waals surface area contributed by atoms with Crippen LogP contribution < -0.4 is 5.73 Å². The van der Waals surface area contributed by atoms with E-state index in [4.69, 9.17) is 5.73 Å². The highest BCUT2D eigenvalue weighted by Crippen LogP contribution is 2.33. The Kier molecular flexibility index (Phi) is 3.59. The van der Waals surface area contributed by atoms with Crippen LogP contribution in [0.4, 0.5) is 0 Å². The molecule has 1 aromatic heterocycles. The van der Waals surface area contributed by atoms with Crippen molar-refractivity contribution in [3.05, 3.63) is 11.4 Å². The van der Waals surface area contributed by atoms with Crippen LogP contribution in [0.25, 0.3) is 0 Å². The third-order valence-corrected chi connectivity index (χ3v) is 3.02. The molecular weight excluding hydrogens is 200 g/mol. The van der Waals surface area contributed by atoms with E-state index in [1.165, 1.54) is 18.5 Å². The van der Waals surface area contributed by atoms with Crippen molar-refractivity contribution in [1.29, 1.82) is 0 Å². The van der Waals surface area contributed by atoms with Crippen molar-refractivity contribution in [2.24, 2.45) is 17.6 Å². The van der Waals surface area contributed by atoms with Crippen LogP contribution in [0.3, 0.4) is 0 Å². The van der Waals surface area contributed by atoms with Gasteiger partial charge in [0.15, 0.2) is 0 Å². The average Bonchev–Trinajstić information content (AvgIpc) is 2.96. The first kappa shape index (κ1) is 11.6. The molecule has 1 aliphatic rings. The number of hydrogen-bond acceptors (Lipinski definition) is 3. The van der Waals surface area contributed by atoms with Crippen LogP contribution in [0, 0.1) is 11.8 Å². The molecule has 0 unspecified atom stereocenters. The van der Waals surface area contributed by atoms with Crippen LogP contribution in [0.5, 0.6) is 0 Å². The largest absolute Gasteiger partial charge is 0.330 e. The van der Waals surface area contributed by atoms with E-state index in [-0.39, 0.29) is 0 Å². The third kappa shape index (κ3) is 2.82. The van der Waals surface area contributed by atoms with Crippen molar-refractivity contribution in [3.8, 4) is 0 Å². The minimum Gasteiger partial charge on any atom is -0.330 e. The molecule has 4 nitrogen and oxygen atoms in total. The topological polar surface area (TPSA) is 56.7 Å². The first-order valence-electron chi connectivity index (χ1n) is 6.32. The second-order valence-corrected chi connectivity index (χ2v) is 5.24. The Morgan fingerprint density at radius 3 is 2.75 bits per heavy atom. The highest BCUT2D eigenvalue weighted by Gasteiger charge is 2.25. The summed E-state index contributed by atoms with van der Waals surface area (Å²) in [6, 6.07) is 0. The Balaban J connectivity index is 2.14. The summed E-state index contributed by atoms with van der Waals surface area (Å²) in [5, 5.41) is 8.54. The molecular formula is C12H22N4. The molecule has 0 bridgehead atoms. The molecule has 0 aliphatic heterocycles. The van der Waals surface area contributed by atoms with Crippen molar-refractivity contribution in [2.75, 3.05) is 6.54 Å². The summed E-state index contributed by atoms with van der Waals surface area (Å²) in [6.07, 6.45) is 4.75. The van der Waals surface area contributed by atoms with E-state index in [0.717, 1.165) is 31.0 Å². The number of nitrogens with two attached hydrogens (primary N) is 1. The molecule has 0 aromatic carbocycles. The van der Waals surface area contributed by atoms with E-state index in [1.54, 1.807) is 0 Å². The normalized spacial score (nSPS) is 16.0. The van der Waals surface area contributed by atoms with Gasteiger partial charge < -0.3 is 5.73 Å². The summed E-state index contributed by atoms with van der Waals surface area (Å²) >= 11 is 0. The molecule has 0 radical (unpaired) electrons. The first-order valence-corrected chi connectivity index (χ1v) is 6.32. The molecule has 1 aromatic rings. The highest BCUT2D eigenvalue weighted by atomic mass is 15.4. The van der Waals surface area contributed by atoms with E-state index >= 15 is 0 Å². The fourth-order valence-electron chi connectivity index (χ4n) is 2.01. The van der Waals surface area contributed by atoms with E-state index in [1.807, 2.05) is 0 Å². The molecule has 0 atom stereocenters. The Hall–Kier alpha value is -0.900. The van der Waals surface area contributed by atoms with Gasteiger partial charge in [0.05, 0.1) is 11.4 Å². The highest BCUT2D eigenvalue weighted by molar-refractivity contribution is 5.13. The van der Waals surface area contributed by atoms with Crippen molar-refractivity contribution in [3.63, 3.8) is 0 Å². The number of rotatable bonds is 6. The van der Waals surface area contributed by atoms with Gasteiger partial charge in [-0.2, -0.15) is 0 Å². The van der Waals surface area contributed by atoms with Crippen molar-refractivity contribution >= 4 is 0 Å². The van der Waals surface area contributed by atoms with Gasteiger partial charge in [0.25, 0.3) is 0 Å². The van der Waals surface area contributed by atoms with Gasteiger partial charge in [-0.1, -0.05) is 19.1 Å². The third-order valence-electron chi connectivity index (χ3n) is 3.02. The van der Waals surface area contributed by atoms with Crippen LogP contribution in [-0.4, -0.2) is 21.5 Å². The van der Waals surface area contributed by atoms with Crippen molar-refractivity contribution in [2.45, 2.75) is 46.1 Å². The fraction of sp³-hybridized carbons (Fsp3) is 0.833. The van der Waals surface area contributed by atoms with Crippen LogP contribution in [0.1, 0.15) is 38.1 Å². The first-order chi connectivity index (χ1) is 7.70. The quantitative estimate of drug-likeness (QED) is 0.791. The minimum absolute atomic E-state index is 0.616. The fourth-order valence-corrected chi connectivity index (χ4v) is 2.01. The molecule has 0 amide bonds. The van der Waals surface area contributed by atoms with Crippen LogP contribution in [-0.2, 0) is 19.4 Å². The maximum Gasteiger partial charge on any atom is 0.0871 e. The van der Waals surface area contributed by atoms with E-state index in [2.05, 4.69) is 28.8 Å². The van der Waals surface area contributed by atoms with Crippen LogP contribution in [0.15, 0.2) is 0 Å². The average molecular weight is 222 g/mol. The summed E-state index contributed by atoms with van der Waals surface area (Å²) < 4.78 is 2.09. The predicted molar refractivity (Wildman–Crippen MR) is 64.0 cm³/mol. The second kappa shape index (κ2) is 4.95. The second-order valence-electron chi connectivity index (χ2n) is 5.24. The lowest BCUT2D eigenvalue weighted by atomic mass is 10.1. The minimum atomic E-state index is 0.616. The molecule has 0 saturated heterocycles. The molecule has 2 N–H and O–H groups in total. The van der Waals surface area contributed by atoms with Gasteiger partial charge in [0, 0.05) is 13.0 Å². The maximum atomic E-state index is 5.61. The molecule has 1 fully saturated rings. The van der Waals surface area contributed by atoms with Gasteiger partial charge in [-0.3, -0.25) is 0 Å². The van der Waals surface area contributed by atoms with E-state index in [9.17, 15) is 0 Å². The lowest BCUT2D eigenvalue weighted by Gasteiger charge is -2.09. The number of aromatic nitrogens is 3. The standard InChI is InChI=1S/C12H22N4/c1-9(2)8-16-12(7-10-3-4-10)11(5-6-13)14-15-16/h9-10H,3-8,13H2,1-2H3. The lowest BCUT2D eigenvalue weighted by molar-refractivity contribution is 0.455. The lowest BCUT2D eigenvalue weighted by Crippen LogP contribution is -2.12. The van der Waals surface area contributed by atoms with E-state index < -0.39 is 0 Å². The summed E-state index contributed by atoms with van der Waals surface area (Å²) in [4.78, 5) is 0. The smallest absolute Gasteiger partial charge is 0.0871 e. The van der Waals surface area contributed by atoms with Crippen LogP contribution >= 0.6 is 0 Å². The zero-order valence-electron chi connectivity index (χ0n) is 10.3. The zero-order valence-corrected chi connectivity index (χ0v) is 10.3. The van der Waals surface area contributed by atoms with Gasteiger partial charge >= 0.3 is 0 Å². The molecule has 90 valence electrons. The maximum absolute atomic E-state index is 5.61. The molecule has 16 heavy (non-hydrogen) atoms. The van der Waals surface area contributed by atoms with Gasteiger partial charge in [0.2, 0.25) is 0 Å². The van der Waals surface area contributed by atoms with Gasteiger partial charge in [-0.15, -0.1) is 5.10 Å². The summed E-state index contributed by atoms with van der Waals surface area (Å²) in [5.74, 6) is 1.49. The van der Waals surface area contributed by atoms with Crippen LogP contribution in [0.2, 0.25) is 0 Å².